The number of aryl methyl sites for hydroxylation is 1. The highest BCUT2D eigenvalue weighted by Crippen LogP contribution is 2.25. The Morgan fingerprint density at radius 3 is 2.24 bits per heavy atom. The Hall–Kier alpha value is -2.99. The third-order valence-corrected chi connectivity index (χ3v) is 4.31. The highest BCUT2D eigenvalue weighted by Gasteiger charge is 2.11. The highest BCUT2D eigenvalue weighted by atomic mass is 35.5. The largest absolute Gasteiger partial charge is 0.494 e. The molecule has 0 saturated carbocycles. The lowest BCUT2D eigenvalue weighted by Gasteiger charge is -2.12. The number of ether oxygens (including phenoxy) is 2. The smallest absolute Gasteiger partial charge is 0.222 e. The van der Waals surface area contributed by atoms with Crippen molar-refractivity contribution in [2.75, 3.05) is 24.7 Å². The molecule has 0 aliphatic heterocycles. The molecule has 0 aliphatic carbocycles. The fourth-order valence-electron chi connectivity index (χ4n) is 2.90. The predicted molar refractivity (Wildman–Crippen MR) is 120 cm³/mol. The molecule has 0 unspecified atom stereocenters. The van der Waals surface area contributed by atoms with Crippen molar-refractivity contribution in [3.63, 3.8) is 0 Å². The maximum Gasteiger partial charge on any atom is 0.222 e. The van der Waals surface area contributed by atoms with Crippen molar-refractivity contribution in [1.82, 2.24) is 9.97 Å². The van der Waals surface area contributed by atoms with E-state index in [9.17, 15) is 0 Å². The summed E-state index contributed by atoms with van der Waals surface area (Å²) in [7, 11) is 0. The van der Waals surface area contributed by atoms with E-state index in [-0.39, 0.29) is 18.4 Å². The Morgan fingerprint density at radius 1 is 0.828 bits per heavy atom. The standard InChI is InChI=1S/C22H26N4O2.ClH/c1-2-19-20(21(23)26-22(24)25-19)28-14-7-6-13-27-18-12-8-11-17(15-18)16-9-4-3-5-10-16;/h3-5,8-12,15H,2,6-7,13-14H2,1H3,(H4,23,24,25,26);1H. The summed E-state index contributed by atoms with van der Waals surface area (Å²) in [5, 5.41) is 0. The van der Waals surface area contributed by atoms with Gasteiger partial charge in [0, 0.05) is 0 Å². The molecule has 6 nitrogen and oxygen atoms in total. The van der Waals surface area contributed by atoms with Crippen LogP contribution in [0.5, 0.6) is 11.5 Å². The zero-order valence-electron chi connectivity index (χ0n) is 16.5. The van der Waals surface area contributed by atoms with E-state index in [2.05, 4.69) is 34.2 Å². The molecule has 0 amide bonds. The first-order valence-electron chi connectivity index (χ1n) is 9.50. The summed E-state index contributed by atoms with van der Waals surface area (Å²) < 4.78 is 11.7. The number of rotatable bonds is 9. The fraction of sp³-hybridized carbons (Fsp3) is 0.273. The van der Waals surface area contributed by atoms with Gasteiger partial charge in [-0.15, -0.1) is 12.4 Å². The van der Waals surface area contributed by atoms with Gasteiger partial charge in [0.15, 0.2) is 11.6 Å². The summed E-state index contributed by atoms with van der Waals surface area (Å²) in [5.74, 6) is 1.87. The summed E-state index contributed by atoms with van der Waals surface area (Å²) in [4.78, 5) is 8.14. The molecule has 29 heavy (non-hydrogen) atoms. The molecule has 7 heteroatoms. The minimum absolute atomic E-state index is 0. The van der Waals surface area contributed by atoms with Crippen LogP contribution in [0.4, 0.5) is 11.8 Å². The molecule has 0 saturated heterocycles. The van der Waals surface area contributed by atoms with Crippen LogP contribution >= 0.6 is 12.4 Å². The molecule has 1 aromatic heterocycles. The lowest BCUT2D eigenvalue weighted by molar-refractivity contribution is 0.265. The van der Waals surface area contributed by atoms with Crippen molar-refractivity contribution in [1.29, 1.82) is 0 Å². The molecule has 0 aliphatic rings. The SMILES string of the molecule is CCc1nc(N)nc(N)c1OCCCCOc1cccc(-c2ccccc2)c1.Cl. The number of hydrogen-bond acceptors (Lipinski definition) is 6. The number of aromatic nitrogens is 2. The van der Waals surface area contributed by atoms with E-state index >= 15 is 0 Å². The molecule has 0 radical (unpaired) electrons. The summed E-state index contributed by atoms with van der Waals surface area (Å²) >= 11 is 0. The topological polar surface area (TPSA) is 96.3 Å². The van der Waals surface area contributed by atoms with Crippen LogP contribution < -0.4 is 20.9 Å². The molecule has 3 rings (SSSR count). The second-order valence-electron chi connectivity index (χ2n) is 6.39. The van der Waals surface area contributed by atoms with E-state index in [0.29, 0.717) is 31.2 Å². The van der Waals surface area contributed by atoms with Gasteiger partial charge in [-0.2, -0.15) is 4.98 Å². The first-order chi connectivity index (χ1) is 13.7. The van der Waals surface area contributed by atoms with Gasteiger partial charge in [0.05, 0.1) is 18.9 Å². The van der Waals surface area contributed by atoms with Crippen molar-refractivity contribution in [2.24, 2.45) is 0 Å². The number of nitrogen functional groups attached to an aromatic ring is 2. The van der Waals surface area contributed by atoms with Gasteiger partial charge in [-0.25, -0.2) is 4.98 Å². The summed E-state index contributed by atoms with van der Waals surface area (Å²) in [6.07, 6.45) is 2.39. The van der Waals surface area contributed by atoms with Crippen molar-refractivity contribution in [2.45, 2.75) is 26.2 Å². The van der Waals surface area contributed by atoms with Gasteiger partial charge >= 0.3 is 0 Å². The minimum atomic E-state index is 0. The van der Waals surface area contributed by atoms with Gasteiger partial charge in [-0.1, -0.05) is 49.4 Å². The summed E-state index contributed by atoms with van der Waals surface area (Å²) in [6, 6.07) is 18.4. The average molecular weight is 415 g/mol. The number of nitrogens with zero attached hydrogens (tertiary/aromatic N) is 2. The number of halogens is 1. The van der Waals surface area contributed by atoms with Crippen LogP contribution in [-0.4, -0.2) is 23.2 Å². The zero-order valence-corrected chi connectivity index (χ0v) is 17.3. The monoisotopic (exact) mass is 414 g/mol. The zero-order chi connectivity index (χ0) is 19.8. The number of nitrogens with two attached hydrogens (primary N) is 2. The second-order valence-corrected chi connectivity index (χ2v) is 6.39. The van der Waals surface area contributed by atoms with Gasteiger partial charge < -0.3 is 20.9 Å². The lowest BCUT2D eigenvalue weighted by Crippen LogP contribution is -2.10. The van der Waals surface area contributed by atoms with Crippen LogP contribution in [0.15, 0.2) is 54.6 Å². The average Bonchev–Trinajstić information content (AvgIpc) is 2.72. The molecule has 154 valence electrons. The van der Waals surface area contributed by atoms with Crippen LogP contribution in [0.25, 0.3) is 11.1 Å². The normalized spacial score (nSPS) is 10.2. The van der Waals surface area contributed by atoms with E-state index in [1.165, 1.54) is 5.56 Å². The maximum atomic E-state index is 5.90. The van der Waals surface area contributed by atoms with Gasteiger partial charge in [0.2, 0.25) is 5.95 Å². The highest BCUT2D eigenvalue weighted by molar-refractivity contribution is 5.85. The van der Waals surface area contributed by atoms with Crippen LogP contribution in [-0.2, 0) is 6.42 Å². The molecule has 0 atom stereocenters. The van der Waals surface area contributed by atoms with E-state index in [1.54, 1.807) is 0 Å². The molecule has 1 heterocycles. The van der Waals surface area contributed by atoms with Gasteiger partial charge in [-0.3, -0.25) is 0 Å². The fourth-order valence-corrected chi connectivity index (χ4v) is 2.90. The van der Waals surface area contributed by atoms with E-state index in [0.717, 1.165) is 29.8 Å². The molecule has 3 aromatic rings. The Morgan fingerprint density at radius 2 is 1.52 bits per heavy atom. The Labute approximate surface area is 177 Å². The van der Waals surface area contributed by atoms with Crippen molar-refractivity contribution in [3.05, 3.63) is 60.3 Å². The summed E-state index contributed by atoms with van der Waals surface area (Å²) in [5.41, 5.74) is 14.6. The number of hydrogen-bond donors (Lipinski definition) is 2. The Bertz CT molecular complexity index is 907. The first-order valence-corrected chi connectivity index (χ1v) is 9.50. The van der Waals surface area contributed by atoms with E-state index in [1.807, 2.05) is 37.3 Å². The maximum absolute atomic E-state index is 5.90. The summed E-state index contributed by atoms with van der Waals surface area (Å²) in [6.45, 7) is 3.12. The van der Waals surface area contributed by atoms with E-state index < -0.39 is 0 Å². The van der Waals surface area contributed by atoms with E-state index in [4.69, 9.17) is 20.9 Å². The quantitative estimate of drug-likeness (QED) is 0.499. The number of benzene rings is 2. The number of unbranched alkanes of at least 4 members (excludes halogenated alkanes) is 1. The first kappa shape index (κ1) is 22.3. The van der Waals surface area contributed by atoms with Crippen molar-refractivity contribution < 1.29 is 9.47 Å². The van der Waals surface area contributed by atoms with Crippen LogP contribution in [0.3, 0.4) is 0 Å². The van der Waals surface area contributed by atoms with Gasteiger partial charge in [0.25, 0.3) is 0 Å². The van der Waals surface area contributed by atoms with Crippen LogP contribution in [0.1, 0.15) is 25.5 Å². The van der Waals surface area contributed by atoms with Crippen molar-refractivity contribution >= 4 is 24.2 Å². The number of anilines is 2. The Balaban J connectivity index is 0.00000300. The molecular weight excluding hydrogens is 388 g/mol. The van der Waals surface area contributed by atoms with Crippen LogP contribution in [0.2, 0.25) is 0 Å². The third-order valence-electron chi connectivity index (χ3n) is 4.31. The second kappa shape index (κ2) is 11.1. The molecule has 2 aromatic carbocycles. The molecule has 0 spiro atoms. The van der Waals surface area contributed by atoms with Crippen LogP contribution in [0, 0.1) is 0 Å². The van der Waals surface area contributed by atoms with Crippen molar-refractivity contribution in [3.8, 4) is 22.6 Å². The molecular formula is C22H27ClN4O2. The molecule has 0 bridgehead atoms. The minimum Gasteiger partial charge on any atom is -0.494 e. The Kier molecular flexibility index (Phi) is 8.55. The predicted octanol–water partition coefficient (Wildman–Crippen LogP) is 4.53. The molecule has 0 fully saturated rings. The molecule has 4 N–H and O–H groups in total. The van der Waals surface area contributed by atoms with Gasteiger partial charge in [0.1, 0.15) is 5.75 Å². The third kappa shape index (κ3) is 6.26. The lowest BCUT2D eigenvalue weighted by atomic mass is 10.1. The van der Waals surface area contributed by atoms with Gasteiger partial charge in [-0.05, 0) is 42.5 Å².